The van der Waals surface area contributed by atoms with Crippen molar-refractivity contribution in [3.05, 3.63) is 66.5 Å². The van der Waals surface area contributed by atoms with Crippen LogP contribution in [0.4, 0.5) is 5.82 Å². The van der Waals surface area contributed by atoms with E-state index in [-0.39, 0.29) is 11.8 Å². The molecule has 4 aromatic heterocycles. The molecule has 5 heterocycles. The van der Waals surface area contributed by atoms with Crippen LogP contribution in [0.2, 0.25) is 0 Å². The molecule has 10 nitrogen and oxygen atoms in total. The van der Waals surface area contributed by atoms with Crippen molar-refractivity contribution in [2.24, 2.45) is 0 Å². The van der Waals surface area contributed by atoms with Gasteiger partial charge in [-0.1, -0.05) is 23.8 Å². The minimum absolute atomic E-state index is 0.0147. The third-order valence-corrected chi connectivity index (χ3v) is 7.68. The summed E-state index contributed by atoms with van der Waals surface area (Å²) in [6.45, 7) is 4.51. The molecule has 0 amide bonds. The van der Waals surface area contributed by atoms with Crippen molar-refractivity contribution >= 4 is 37.5 Å². The number of aryl methyl sites for hydroxylation is 1. The zero-order chi connectivity index (χ0) is 26.3. The minimum atomic E-state index is -3.84. The zero-order valence-corrected chi connectivity index (χ0v) is 22.4. The van der Waals surface area contributed by atoms with Gasteiger partial charge in [0.1, 0.15) is 0 Å². The van der Waals surface area contributed by atoms with Crippen LogP contribution in [-0.4, -0.2) is 65.7 Å². The number of benzene rings is 1. The van der Waals surface area contributed by atoms with Gasteiger partial charge in [-0.25, -0.2) is 4.98 Å². The molecule has 0 spiro atoms. The number of thiophene rings is 1. The van der Waals surface area contributed by atoms with E-state index in [2.05, 4.69) is 15.0 Å². The lowest BCUT2D eigenvalue weighted by Gasteiger charge is -2.28. The average molecular weight is 549 g/mol. The number of anilines is 1. The fraction of sp³-hybridized carbons (Fsp3) is 0.231. The first-order chi connectivity index (χ1) is 18.3. The van der Waals surface area contributed by atoms with Crippen LogP contribution in [-0.2, 0) is 14.9 Å². The van der Waals surface area contributed by atoms with Gasteiger partial charge in [-0.15, -0.1) is 11.3 Å². The molecule has 194 valence electrons. The molecule has 1 aromatic carbocycles. The van der Waals surface area contributed by atoms with Gasteiger partial charge in [0.05, 0.1) is 35.4 Å². The van der Waals surface area contributed by atoms with Crippen LogP contribution in [0.5, 0.6) is 5.88 Å². The summed E-state index contributed by atoms with van der Waals surface area (Å²) >= 11 is 1.60. The first-order valence-electron chi connectivity index (χ1n) is 12.0. The summed E-state index contributed by atoms with van der Waals surface area (Å²) in [5.74, 6) is 0.980. The van der Waals surface area contributed by atoms with Crippen LogP contribution in [0.3, 0.4) is 0 Å². The molecule has 0 saturated carbocycles. The van der Waals surface area contributed by atoms with Crippen molar-refractivity contribution in [1.29, 1.82) is 0 Å². The molecular formula is C26H24N6O4S2. The first kappa shape index (κ1) is 24.5. The standard InChI is InChI=1S/C26H24N6O4S2/c1-17-4-3-5-19(14-17)20-16-23(36-38(2,33)34)32(30-20)26-28-21-15-22(18-6-8-27-9-7-18)37-24(21)25(29-26)31-10-12-35-13-11-31/h3-9,14-16H,10-13H2,1-2H3. The SMILES string of the molecule is Cc1cccc(-c2cc(OS(C)(=O)=O)n(-c3nc(N4CCOCC4)c4sc(-c5ccncc5)cc4n3)n2)c1. The van der Waals surface area contributed by atoms with Gasteiger partial charge in [-0.2, -0.15) is 23.2 Å². The predicted octanol–water partition coefficient (Wildman–Crippen LogP) is 4.09. The lowest BCUT2D eigenvalue weighted by molar-refractivity contribution is 0.122. The molecule has 0 N–H and O–H groups in total. The Hall–Kier alpha value is -3.87. The van der Waals surface area contributed by atoms with E-state index in [0.717, 1.165) is 43.9 Å². The predicted molar refractivity (Wildman–Crippen MR) is 146 cm³/mol. The Balaban J connectivity index is 1.55. The summed E-state index contributed by atoms with van der Waals surface area (Å²) in [5, 5.41) is 4.69. The number of fused-ring (bicyclic) bond motifs is 1. The number of ether oxygens (including phenoxy) is 1. The lowest BCUT2D eigenvalue weighted by atomic mass is 10.1. The summed E-state index contributed by atoms with van der Waals surface area (Å²) in [7, 11) is -3.84. The van der Waals surface area contributed by atoms with Gasteiger partial charge in [0.2, 0.25) is 5.88 Å². The number of nitrogens with zero attached hydrogens (tertiary/aromatic N) is 6. The fourth-order valence-electron chi connectivity index (χ4n) is 4.31. The van der Waals surface area contributed by atoms with Crippen molar-refractivity contribution in [3.8, 4) is 33.5 Å². The largest absolute Gasteiger partial charge is 0.378 e. The van der Waals surface area contributed by atoms with Gasteiger partial charge in [0.25, 0.3) is 5.95 Å². The Labute approximate surface area is 223 Å². The molecule has 1 saturated heterocycles. The van der Waals surface area contributed by atoms with Crippen LogP contribution >= 0.6 is 11.3 Å². The van der Waals surface area contributed by atoms with Gasteiger partial charge >= 0.3 is 10.1 Å². The third-order valence-electron chi connectivity index (χ3n) is 6.03. The molecule has 0 atom stereocenters. The van der Waals surface area contributed by atoms with Crippen molar-refractivity contribution in [3.63, 3.8) is 0 Å². The highest BCUT2D eigenvalue weighted by atomic mass is 32.2. The second-order valence-electron chi connectivity index (χ2n) is 8.94. The Morgan fingerprint density at radius 2 is 1.79 bits per heavy atom. The van der Waals surface area contributed by atoms with E-state index in [9.17, 15) is 8.42 Å². The fourth-order valence-corrected chi connectivity index (χ4v) is 5.86. The first-order valence-corrected chi connectivity index (χ1v) is 14.6. The number of hydrogen-bond acceptors (Lipinski definition) is 10. The van der Waals surface area contributed by atoms with Gasteiger partial charge < -0.3 is 13.8 Å². The molecule has 0 radical (unpaired) electrons. The smallest absolute Gasteiger partial charge is 0.307 e. The highest BCUT2D eigenvalue weighted by Crippen LogP contribution is 2.38. The average Bonchev–Trinajstić information content (AvgIpc) is 3.53. The number of aromatic nitrogens is 5. The van der Waals surface area contributed by atoms with Crippen molar-refractivity contribution in [2.45, 2.75) is 6.92 Å². The quantitative estimate of drug-likeness (QED) is 0.290. The molecular weight excluding hydrogens is 524 g/mol. The Kier molecular flexibility index (Phi) is 6.30. The van der Waals surface area contributed by atoms with Gasteiger partial charge in [0, 0.05) is 42.0 Å². The maximum absolute atomic E-state index is 12.1. The van der Waals surface area contributed by atoms with Gasteiger partial charge in [-0.05, 0) is 36.8 Å². The molecule has 1 aliphatic heterocycles. The van der Waals surface area contributed by atoms with E-state index >= 15 is 0 Å². The van der Waals surface area contributed by atoms with Crippen LogP contribution in [0.25, 0.3) is 37.9 Å². The normalized spacial score (nSPS) is 14.2. The minimum Gasteiger partial charge on any atom is -0.378 e. The van der Waals surface area contributed by atoms with Crippen molar-refractivity contribution in [1.82, 2.24) is 24.7 Å². The summed E-state index contributed by atoms with van der Waals surface area (Å²) in [4.78, 5) is 17.0. The summed E-state index contributed by atoms with van der Waals surface area (Å²) in [6, 6.07) is 15.3. The Bertz CT molecular complexity index is 1730. The molecule has 38 heavy (non-hydrogen) atoms. The maximum Gasteiger partial charge on any atom is 0.307 e. The second-order valence-corrected chi connectivity index (χ2v) is 11.6. The van der Waals surface area contributed by atoms with E-state index in [1.54, 1.807) is 29.8 Å². The number of hydrogen-bond donors (Lipinski definition) is 0. The van der Waals surface area contributed by atoms with Crippen LogP contribution in [0.15, 0.2) is 60.9 Å². The Morgan fingerprint density at radius 3 is 2.53 bits per heavy atom. The van der Waals surface area contributed by atoms with Crippen LogP contribution in [0.1, 0.15) is 5.56 Å². The summed E-state index contributed by atoms with van der Waals surface area (Å²) in [6.07, 6.45) is 4.51. The molecule has 1 aliphatic rings. The molecule has 6 rings (SSSR count). The summed E-state index contributed by atoms with van der Waals surface area (Å²) in [5.41, 5.74) is 4.18. The molecule has 0 aliphatic carbocycles. The number of morpholine rings is 1. The van der Waals surface area contributed by atoms with Gasteiger partial charge in [0.15, 0.2) is 5.82 Å². The van der Waals surface area contributed by atoms with Crippen molar-refractivity contribution in [2.75, 3.05) is 37.5 Å². The second kappa shape index (κ2) is 9.78. The van der Waals surface area contributed by atoms with Crippen molar-refractivity contribution < 1.29 is 17.3 Å². The maximum atomic E-state index is 12.1. The molecule has 0 unspecified atom stereocenters. The number of pyridine rings is 1. The van der Waals surface area contributed by atoms with E-state index < -0.39 is 10.1 Å². The zero-order valence-electron chi connectivity index (χ0n) is 20.7. The molecule has 1 fully saturated rings. The molecule has 5 aromatic rings. The van der Waals surface area contributed by atoms with Gasteiger partial charge in [-0.3, -0.25) is 4.98 Å². The van der Waals surface area contributed by atoms with E-state index in [4.69, 9.17) is 18.9 Å². The van der Waals surface area contributed by atoms with Crippen LogP contribution < -0.4 is 9.08 Å². The third kappa shape index (κ3) is 4.97. The monoisotopic (exact) mass is 548 g/mol. The van der Waals surface area contributed by atoms with E-state index in [1.165, 1.54) is 4.68 Å². The highest BCUT2D eigenvalue weighted by Gasteiger charge is 2.24. The summed E-state index contributed by atoms with van der Waals surface area (Å²) < 4.78 is 37.5. The molecule has 0 bridgehead atoms. The van der Waals surface area contributed by atoms with E-state index in [1.807, 2.05) is 49.4 Å². The Morgan fingerprint density at radius 1 is 1.00 bits per heavy atom. The molecule has 12 heteroatoms. The van der Waals surface area contributed by atoms with E-state index in [0.29, 0.717) is 32.0 Å². The van der Waals surface area contributed by atoms with Crippen LogP contribution in [0, 0.1) is 6.92 Å². The highest BCUT2D eigenvalue weighted by molar-refractivity contribution is 7.86. The number of rotatable bonds is 6. The lowest BCUT2D eigenvalue weighted by Crippen LogP contribution is -2.37. The topological polar surface area (TPSA) is 112 Å².